The zero-order valence-corrected chi connectivity index (χ0v) is 8.81. The van der Waals surface area contributed by atoms with Gasteiger partial charge in [-0.25, -0.2) is 0 Å². The van der Waals surface area contributed by atoms with Crippen molar-refractivity contribution in [2.24, 2.45) is 0 Å². The maximum Gasteiger partial charge on any atom is 0.122 e. The molecule has 0 amide bonds. The summed E-state index contributed by atoms with van der Waals surface area (Å²) in [7, 11) is 0. The van der Waals surface area contributed by atoms with Crippen molar-refractivity contribution < 1.29 is 9.84 Å². The normalized spacial score (nSPS) is 15.6. The molecule has 1 aliphatic heterocycles. The lowest BCUT2D eigenvalue weighted by molar-refractivity contribution is 0.220. The summed E-state index contributed by atoms with van der Waals surface area (Å²) in [5, 5.41) is 10.2. The molecule has 0 fully saturated rings. The molecular formula is C13H13NO2. The van der Waals surface area contributed by atoms with Crippen LogP contribution in [0.2, 0.25) is 0 Å². The van der Waals surface area contributed by atoms with Crippen molar-refractivity contribution in [1.29, 1.82) is 0 Å². The fourth-order valence-electron chi connectivity index (χ4n) is 2.08. The van der Waals surface area contributed by atoms with Crippen molar-refractivity contribution in [3.8, 4) is 5.75 Å². The van der Waals surface area contributed by atoms with Crippen LogP contribution in [0.5, 0.6) is 5.75 Å². The second-order valence-corrected chi connectivity index (χ2v) is 4.01. The minimum atomic E-state index is -0.558. The lowest BCUT2D eigenvalue weighted by Gasteiger charge is -2.10. The Balaban J connectivity index is 1.95. The largest absolute Gasteiger partial charge is 0.493 e. The molecule has 0 spiro atoms. The Morgan fingerprint density at radius 2 is 2.19 bits per heavy atom. The predicted octanol–water partition coefficient (Wildman–Crippen LogP) is 2.03. The van der Waals surface area contributed by atoms with E-state index in [1.165, 1.54) is 5.56 Å². The van der Waals surface area contributed by atoms with Gasteiger partial charge in [0.1, 0.15) is 11.9 Å². The molecule has 2 N–H and O–H groups in total. The third-order valence-electron chi connectivity index (χ3n) is 2.97. The quantitative estimate of drug-likeness (QED) is 0.805. The first-order valence-corrected chi connectivity index (χ1v) is 5.41. The van der Waals surface area contributed by atoms with Gasteiger partial charge in [0.25, 0.3) is 0 Å². The summed E-state index contributed by atoms with van der Waals surface area (Å²) in [6.07, 6.45) is 4.00. The van der Waals surface area contributed by atoms with Crippen LogP contribution < -0.4 is 4.74 Å². The second-order valence-electron chi connectivity index (χ2n) is 4.01. The van der Waals surface area contributed by atoms with Crippen molar-refractivity contribution in [2.45, 2.75) is 12.5 Å². The molecule has 1 aliphatic rings. The van der Waals surface area contributed by atoms with E-state index < -0.39 is 6.10 Å². The molecule has 16 heavy (non-hydrogen) atoms. The summed E-state index contributed by atoms with van der Waals surface area (Å²) in [5.74, 6) is 0.949. The van der Waals surface area contributed by atoms with E-state index in [0.717, 1.165) is 29.9 Å². The highest BCUT2D eigenvalue weighted by Crippen LogP contribution is 2.30. The van der Waals surface area contributed by atoms with Crippen LogP contribution >= 0.6 is 0 Å². The number of aliphatic hydroxyl groups is 1. The Bertz CT molecular complexity index is 491. The van der Waals surface area contributed by atoms with Gasteiger partial charge in [0, 0.05) is 24.4 Å². The van der Waals surface area contributed by atoms with Crippen LogP contribution in [0.15, 0.2) is 36.7 Å². The molecule has 1 aromatic carbocycles. The monoisotopic (exact) mass is 215 g/mol. The van der Waals surface area contributed by atoms with Crippen LogP contribution in [0.1, 0.15) is 22.8 Å². The van der Waals surface area contributed by atoms with Crippen LogP contribution in [0.3, 0.4) is 0 Å². The van der Waals surface area contributed by atoms with Crippen molar-refractivity contribution >= 4 is 0 Å². The zero-order valence-electron chi connectivity index (χ0n) is 8.81. The number of H-pyrrole nitrogens is 1. The van der Waals surface area contributed by atoms with Crippen LogP contribution in [0.4, 0.5) is 0 Å². The Morgan fingerprint density at radius 3 is 3.00 bits per heavy atom. The summed E-state index contributed by atoms with van der Waals surface area (Å²) in [6, 6.07) is 7.77. The molecule has 3 nitrogen and oxygen atoms in total. The molecular weight excluding hydrogens is 202 g/mol. The van der Waals surface area contributed by atoms with Crippen molar-refractivity contribution in [1.82, 2.24) is 4.98 Å². The van der Waals surface area contributed by atoms with Gasteiger partial charge < -0.3 is 14.8 Å². The number of rotatable bonds is 2. The maximum atomic E-state index is 10.2. The van der Waals surface area contributed by atoms with Crippen LogP contribution in [0.25, 0.3) is 0 Å². The molecule has 2 heterocycles. The smallest absolute Gasteiger partial charge is 0.122 e. The molecule has 0 aliphatic carbocycles. The van der Waals surface area contributed by atoms with E-state index in [1.807, 2.05) is 36.7 Å². The van der Waals surface area contributed by atoms with Crippen molar-refractivity contribution in [2.75, 3.05) is 6.61 Å². The first kappa shape index (κ1) is 9.48. The summed E-state index contributed by atoms with van der Waals surface area (Å²) in [6.45, 7) is 0.749. The molecule has 82 valence electrons. The number of aromatic nitrogens is 1. The Morgan fingerprint density at radius 1 is 1.25 bits per heavy atom. The summed E-state index contributed by atoms with van der Waals surface area (Å²) < 4.78 is 5.44. The molecule has 3 rings (SSSR count). The maximum absolute atomic E-state index is 10.2. The highest BCUT2D eigenvalue weighted by Gasteiger charge is 2.16. The number of nitrogens with one attached hydrogen (secondary N) is 1. The van der Waals surface area contributed by atoms with Crippen molar-refractivity contribution in [3.63, 3.8) is 0 Å². The molecule has 1 atom stereocenters. The van der Waals surface area contributed by atoms with E-state index in [9.17, 15) is 5.11 Å². The van der Waals surface area contributed by atoms with E-state index >= 15 is 0 Å². The third-order valence-corrected chi connectivity index (χ3v) is 2.97. The molecule has 3 heteroatoms. The molecule has 1 aromatic heterocycles. The fourth-order valence-corrected chi connectivity index (χ4v) is 2.08. The van der Waals surface area contributed by atoms with Crippen LogP contribution in [-0.4, -0.2) is 16.7 Å². The minimum Gasteiger partial charge on any atom is -0.493 e. The predicted molar refractivity (Wildman–Crippen MR) is 60.5 cm³/mol. The summed E-state index contributed by atoms with van der Waals surface area (Å²) >= 11 is 0. The van der Waals surface area contributed by atoms with Gasteiger partial charge in [-0.05, 0) is 29.3 Å². The first-order valence-electron chi connectivity index (χ1n) is 5.41. The lowest BCUT2D eigenvalue weighted by Crippen LogP contribution is -1.98. The van der Waals surface area contributed by atoms with Gasteiger partial charge in [-0.2, -0.15) is 0 Å². The number of aromatic amines is 1. The average molecular weight is 215 g/mol. The van der Waals surface area contributed by atoms with Gasteiger partial charge in [0.2, 0.25) is 0 Å². The van der Waals surface area contributed by atoms with Gasteiger partial charge in [-0.15, -0.1) is 0 Å². The SMILES string of the molecule is OC(c1cc[nH]c1)c1ccc2c(c1)CCO2. The van der Waals surface area contributed by atoms with Crippen LogP contribution in [0, 0.1) is 0 Å². The van der Waals surface area contributed by atoms with Crippen molar-refractivity contribution in [3.05, 3.63) is 53.3 Å². The summed E-state index contributed by atoms with van der Waals surface area (Å²) in [5.41, 5.74) is 3.00. The first-order chi connectivity index (χ1) is 7.84. The number of aliphatic hydroxyl groups excluding tert-OH is 1. The molecule has 0 radical (unpaired) electrons. The van der Waals surface area contributed by atoms with E-state index in [2.05, 4.69) is 4.98 Å². The highest BCUT2D eigenvalue weighted by atomic mass is 16.5. The number of ether oxygens (including phenoxy) is 1. The van der Waals surface area contributed by atoms with E-state index in [4.69, 9.17) is 4.74 Å². The fraction of sp³-hybridized carbons (Fsp3) is 0.231. The van der Waals surface area contributed by atoms with E-state index in [1.54, 1.807) is 0 Å². The van der Waals surface area contributed by atoms with Gasteiger partial charge in [0.15, 0.2) is 0 Å². The number of fused-ring (bicyclic) bond motifs is 1. The minimum absolute atomic E-state index is 0.558. The average Bonchev–Trinajstić information content (AvgIpc) is 2.98. The molecule has 1 unspecified atom stereocenters. The molecule has 0 bridgehead atoms. The standard InChI is InChI=1S/C13H13NO2/c15-13(11-3-5-14-8-11)10-1-2-12-9(7-10)4-6-16-12/h1-3,5,7-8,13-15H,4,6H2. The van der Waals surface area contributed by atoms with Crippen LogP contribution in [-0.2, 0) is 6.42 Å². The van der Waals surface area contributed by atoms with Gasteiger partial charge in [-0.1, -0.05) is 6.07 Å². The van der Waals surface area contributed by atoms with E-state index in [-0.39, 0.29) is 0 Å². The lowest BCUT2D eigenvalue weighted by atomic mass is 10.0. The summed E-state index contributed by atoms with van der Waals surface area (Å²) in [4.78, 5) is 2.95. The van der Waals surface area contributed by atoms with E-state index in [0.29, 0.717) is 0 Å². The molecule has 0 saturated carbocycles. The van der Waals surface area contributed by atoms with Gasteiger partial charge >= 0.3 is 0 Å². The third kappa shape index (κ3) is 1.49. The topological polar surface area (TPSA) is 45.2 Å². The Hall–Kier alpha value is -1.74. The molecule has 0 saturated heterocycles. The number of benzene rings is 1. The number of hydrogen-bond acceptors (Lipinski definition) is 2. The zero-order chi connectivity index (χ0) is 11.0. The molecule has 2 aromatic rings. The second kappa shape index (κ2) is 3.68. The highest BCUT2D eigenvalue weighted by molar-refractivity contribution is 5.42. The van der Waals surface area contributed by atoms with Gasteiger partial charge in [0.05, 0.1) is 6.61 Å². The Kier molecular flexibility index (Phi) is 2.18. The van der Waals surface area contributed by atoms with Gasteiger partial charge in [-0.3, -0.25) is 0 Å². The number of hydrogen-bond donors (Lipinski definition) is 2. The Labute approximate surface area is 93.7 Å².